The molecule has 2 N–H and O–H groups in total. The van der Waals surface area contributed by atoms with Gasteiger partial charge in [-0.25, -0.2) is 9.59 Å². The minimum atomic E-state index is -1.27. The van der Waals surface area contributed by atoms with Crippen molar-refractivity contribution in [2.75, 3.05) is 19.0 Å². The Morgan fingerprint density at radius 2 is 1.92 bits per heavy atom. The average Bonchev–Trinajstić information content (AvgIpc) is 3.56. The Labute approximate surface area is 220 Å². The molecule has 1 aliphatic heterocycles. The third-order valence-electron chi connectivity index (χ3n) is 6.98. The van der Waals surface area contributed by atoms with Crippen molar-refractivity contribution in [3.63, 3.8) is 0 Å². The molecule has 3 aromatic rings. The van der Waals surface area contributed by atoms with Crippen LogP contribution in [0.25, 0.3) is 10.4 Å². The Bertz CT molecular complexity index is 1320. The molecule has 1 unspecified atom stereocenters. The second kappa shape index (κ2) is 10.0. The number of amides is 2. The van der Waals surface area contributed by atoms with E-state index in [9.17, 15) is 19.5 Å². The number of carboxylic acid groups (broad SMARTS) is 1. The van der Waals surface area contributed by atoms with Crippen molar-refractivity contribution in [1.82, 2.24) is 14.7 Å². The summed E-state index contributed by atoms with van der Waals surface area (Å²) in [5.41, 5.74) is 1.08. The van der Waals surface area contributed by atoms with Crippen LogP contribution in [-0.4, -0.2) is 57.0 Å². The zero-order valence-electron chi connectivity index (χ0n) is 21.7. The van der Waals surface area contributed by atoms with Crippen molar-refractivity contribution < 1.29 is 24.2 Å². The number of nitrogens with one attached hydrogen (secondary N) is 1. The maximum Gasteiger partial charge on any atom is 0.408 e. The molecule has 9 nitrogen and oxygen atoms in total. The van der Waals surface area contributed by atoms with E-state index < -0.39 is 28.9 Å². The predicted molar refractivity (Wildman–Crippen MR) is 142 cm³/mol. The maximum atomic E-state index is 13.8. The molecule has 0 spiro atoms. The minimum absolute atomic E-state index is 0.241. The summed E-state index contributed by atoms with van der Waals surface area (Å²) in [7, 11) is 1.29. The lowest BCUT2D eigenvalue weighted by atomic mass is 9.71. The van der Waals surface area contributed by atoms with Crippen LogP contribution >= 0.6 is 11.3 Å². The summed E-state index contributed by atoms with van der Waals surface area (Å²) in [6.07, 6.45) is 1.75. The summed E-state index contributed by atoms with van der Waals surface area (Å²) >= 11 is 1.20. The van der Waals surface area contributed by atoms with Gasteiger partial charge in [0.2, 0.25) is 0 Å². The summed E-state index contributed by atoms with van der Waals surface area (Å²) in [4.78, 5) is 40.8. The topological polar surface area (TPSA) is 114 Å². The van der Waals surface area contributed by atoms with Gasteiger partial charge in [-0.05, 0) is 36.8 Å². The van der Waals surface area contributed by atoms with Gasteiger partial charge in [0, 0.05) is 23.2 Å². The van der Waals surface area contributed by atoms with Crippen LogP contribution < -0.4 is 5.32 Å². The number of thiophene rings is 1. The van der Waals surface area contributed by atoms with Gasteiger partial charge in [0.05, 0.1) is 25.0 Å². The second-order valence-electron chi connectivity index (χ2n) is 10.3. The highest BCUT2D eigenvalue weighted by atomic mass is 32.1. The molecular formula is C27H32N4O5S. The lowest BCUT2D eigenvalue weighted by Gasteiger charge is -2.45. The van der Waals surface area contributed by atoms with Crippen LogP contribution in [-0.2, 0) is 16.1 Å². The standard InChI is InChI=1S/C27H32N4O5S/c1-17-19(16-30(29-17)15-18-10-7-6-8-11-18)21-14-20(22(37-21)23(32)36-5)28-24(33)27(26(2,3)4)12-9-13-31(27)25(34)35/h6-8,10-11,14,16H,9,12-13,15H2,1-5H3,(H,28,33)(H,34,35). The molecule has 1 fully saturated rings. The smallest absolute Gasteiger partial charge is 0.408 e. The largest absolute Gasteiger partial charge is 0.465 e. The van der Waals surface area contributed by atoms with E-state index in [4.69, 9.17) is 4.74 Å². The number of carbonyl (C=O) groups is 3. The van der Waals surface area contributed by atoms with Crippen molar-refractivity contribution in [2.45, 2.75) is 52.6 Å². The molecule has 10 heteroatoms. The van der Waals surface area contributed by atoms with Gasteiger partial charge in [-0.2, -0.15) is 5.10 Å². The minimum Gasteiger partial charge on any atom is -0.465 e. The first-order valence-electron chi connectivity index (χ1n) is 12.1. The quantitative estimate of drug-likeness (QED) is 0.426. The first kappa shape index (κ1) is 26.4. The summed E-state index contributed by atoms with van der Waals surface area (Å²) in [5, 5.41) is 17.4. The van der Waals surface area contributed by atoms with Gasteiger partial charge in [-0.1, -0.05) is 51.1 Å². The maximum absolute atomic E-state index is 13.8. The number of hydrogen-bond donors (Lipinski definition) is 2. The molecule has 0 aliphatic carbocycles. The molecule has 1 aliphatic rings. The van der Waals surface area contributed by atoms with Gasteiger partial charge in [-0.15, -0.1) is 11.3 Å². The monoisotopic (exact) mass is 524 g/mol. The number of likely N-dealkylation sites (tertiary alicyclic amines) is 1. The SMILES string of the molecule is COC(=O)c1sc(-c2cn(Cc3ccccc3)nc2C)cc1NC(=O)C1(C(C)(C)C)CCCN1C(=O)O. The fourth-order valence-corrected chi connectivity index (χ4v) is 6.23. The number of hydrogen-bond acceptors (Lipinski definition) is 6. The molecule has 1 aromatic carbocycles. The molecule has 4 rings (SSSR count). The molecule has 196 valence electrons. The highest BCUT2D eigenvalue weighted by Gasteiger charge is 2.57. The van der Waals surface area contributed by atoms with Crippen molar-refractivity contribution in [3.05, 3.63) is 58.7 Å². The lowest BCUT2D eigenvalue weighted by molar-refractivity contribution is -0.131. The van der Waals surface area contributed by atoms with Crippen molar-refractivity contribution in [1.29, 1.82) is 0 Å². The van der Waals surface area contributed by atoms with E-state index in [0.29, 0.717) is 25.1 Å². The summed E-state index contributed by atoms with van der Waals surface area (Å²) in [6.45, 7) is 8.35. The number of anilines is 1. The van der Waals surface area contributed by atoms with Crippen molar-refractivity contribution >= 4 is 35.0 Å². The molecule has 2 amide bonds. The molecule has 0 saturated carbocycles. The molecule has 2 aromatic heterocycles. The van der Waals surface area contributed by atoms with Crippen LogP contribution in [0.2, 0.25) is 0 Å². The zero-order valence-corrected chi connectivity index (χ0v) is 22.5. The number of esters is 1. The highest BCUT2D eigenvalue weighted by Crippen LogP contribution is 2.45. The Kier molecular flexibility index (Phi) is 7.14. The van der Waals surface area contributed by atoms with Crippen molar-refractivity contribution in [2.24, 2.45) is 5.41 Å². The number of rotatable bonds is 6. The van der Waals surface area contributed by atoms with Crippen LogP contribution in [0.15, 0.2) is 42.6 Å². The van der Waals surface area contributed by atoms with Crippen LogP contribution in [0.3, 0.4) is 0 Å². The van der Waals surface area contributed by atoms with E-state index in [0.717, 1.165) is 21.7 Å². The van der Waals surface area contributed by atoms with Crippen LogP contribution in [0.1, 0.15) is 54.5 Å². The third kappa shape index (κ3) is 4.85. The molecule has 3 heterocycles. The van der Waals surface area contributed by atoms with Gasteiger partial charge in [0.15, 0.2) is 0 Å². The van der Waals surface area contributed by atoms with Gasteiger partial charge >= 0.3 is 12.1 Å². The molecular weight excluding hydrogens is 492 g/mol. The Balaban J connectivity index is 1.70. The fourth-order valence-electron chi connectivity index (χ4n) is 5.13. The molecule has 1 atom stereocenters. The van der Waals surface area contributed by atoms with Crippen LogP contribution in [0.4, 0.5) is 10.5 Å². The van der Waals surface area contributed by atoms with E-state index in [-0.39, 0.29) is 11.4 Å². The number of ether oxygens (including phenoxy) is 1. The molecule has 0 radical (unpaired) electrons. The predicted octanol–water partition coefficient (Wildman–Crippen LogP) is 5.25. The first-order valence-corrected chi connectivity index (χ1v) is 12.9. The van der Waals surface area contributed by atoms with Crippen molar-refractivity contribution in [3.8, 4) is 10.4 Å². The number of aromatic nitrogens is 2. The zero-order chi connectivity index (χ0) is 27.0. The molecule has 1 saturated heterocycles. The molecule has 37 heavy (non-hydrogen) atoms. The Morgan fingerprint density at radius 1 is 1.22 bits per heavy atom. The van der Waals surface area contributed by atoms with E-state index >= 15 is 0 Å². The van der Waals surface area contributed by atoms with Gasteiger partial charge < -0.3 is 15.2 Å². The van der Waals surface area contributed by atoms with E-state index in [1.165, 1.54) is 23.3 Å². The fraction of sp³-hybridized carbons (Fsp3) is 0.407. The summed E-state index contributed by atoms with van der Waals surface area (Å²) in [5.74, 6) is -1.03. The summed E-state index contributed by atoms with van der Waals surface area (Å²) < 4.78 is 6.84. The number of aryl methyl sites for hydroxylation is 1. The second-order valence-corrected chi connectivity index (χ2v) is 11.3. The number of nitrogens with zero attached hydrogens (tertiary/aromatic N) is 3. The third-order valence-corrected chi connectivity index (χ3v) is 8.13. The average molecular weight is 525 g/mol. The molecule has 0 bridgehead atoms. The normalized spacial score (nSPS) is 17.6. The van der Waals surface area contributed by atoms with E-state index in [1.54, 1.807) is 6.07 Å². The number of carbonyl (C=O) groups excluding carboxylic acids is 2. The van der Waals surface area contributed by atoms with Gasteiger partial charge in [-0.3, -0.25) is 14.4 Å². The number of benzene rings is 1. The highest BCUT2D eigenvalue weighted by molar-refractivity contribution is 7.18. The van der Waals surface area contributed by atoms with Gasteiger partial charge in [0.25, 0.3) is 5.91 Å². The van der Waals surface area contributed by atoms with Crippen LogP contribution in [0.5, 0.6) is 0 Å². The Morgan fingerprint density at radius 3 is 2.54 bits per heavy atom. The number of methoxy groups -OCH3 is 1. The Hall–Kier alpha value is -3.66. The first-order chi connectivity index (χ1) is 17.5. The lowest BCUT2D eigenvalue weighted by Crippen LogP contribution is -2.62. The van der Waals surface area contributed by atoms with Crippen LogP contribution in [0, 0.1) is 12.3 Å². The van der Waals surface area contributed by atoms with E-state index in [1.807, 2.05) is 68.9 Å². The van der Waals surface area contributed by atoms with E-state index in [2.05, 4.69) is 10.4 Å². The van der Waals surface area contributed by atoms with Gasteiger partial charge in [0.1, 0.15) is 10.4 Å². The summed E-state index contributed by atoms with van der Waals surface area (Å²) in [6, 6.07) is 11.7.